The summed E-state index contributed by atoms with van der Waals surface area (Å²) in [5.41, 5.74) is 8.33. The van der Waals surface area contributed by atoms with E-state index >= 15 is 0 Å². The maximum Gasteiger partial charge on any atom is 0.351 e. The van der Waals surface area contributed by atoms with E-state index in [0.717, 1.165) is 18.4 Å². The molecule has 4 rings (SSSR count). The third kappa shape index (κ3) is 2.55. The number of nitrogen functional groups attached to an aromatic ring is 1. The molecular weight excluding hydrogens is 334 g/mol. The predicted octanol–water partition coefficient (Wildman–Crippen LogP) is 1.69. The van der Waals surface area contributed by atoms with Crippen molar-refractivity contribution >= 4 is 28.5 Å². The molecule has 2 aromatic heterocycles. The zero-order valence-electron chi connectivity index (χ0n) is 14.2. The van der Waals surface area contributed by atoms with E-state index < -0.39 is 5.97 Å². The van der Waals surface area contributed by atoms with Gasteiger partial charge in [0.1, 0.15) is 0 Å². The number of hydrogen-bond acceptors (Lipinski definition) is 6. The number of anilines is 1. The summed E-state index contributed by atoms with van der Waals surface area (Å²) in [5, 5.41) is 4.34. The van der Waals surface area contributed by atoms with E-state index in [4.69, 9.17) is 10.5 Å². The Hall–Kier alpha value is -3.42. The average molecular weight is 351 g/mol. The summed E-state index contributed by atoms with van der Waals surface area (Å²) >= 11 is 0. The van der Waals surface area contributed by atoms with Crippen molar-refractivity contribution in [2.75, 3.05) is 12.8 Å². The highest BCUT2D eigenvalue weighted by molar-refractivity contribution is 5.94. The van der Waals surface area contributed by atoms with Gasteiger partial charge in [0.25, 0.3) is 0 Å². The summed E-state index contributed by atoms with van der Waals surface area (Å²) in [7, 11) is 1.31. The molecule has 0 fully saturated rings. The molecule has 0 unspecified atom stereocenters. The Morgan fingerprint density at radius 2 is 2.19 bits per heavy atom. The summed E-state index contributed by atoms with van der Waals surface area (Å²) < 4.78 is 7.52. The van der Waals surface area contributed by atoms with E-state index in [9.17, 15) is 9.59 Å². The Balaban J connectivity index is 1.90. The fraction of sp³-hybridized carbons (Fsp3) is 0.222. The van der Waals surface area contributed by atoms with Crippen LogP contribution in [0.25, 0.3) is 16.7 Å². The number of aromatic nitrogens is 4. The van der Waals surface area contributed by atoms with Crippen molar-refractivity contribution in [2.45, 2.75) is 19.4 Å². The lowest BCUT2D eigenvalue weighted by Crippen LogP contribution is -2.22. The number of rotatable bonds is 3. The number of fused-ring (bicyclic) bond motifs is 3. The molecule has 1 aliphatic rings. The minimum Gasteiger partial charge on any atom is -0.465 e. The van der Waals surface area contributed by atoms with Gasteiger partial charge in [-0.25, -0.2) is 23.7 Å². The number of esters is 1. The number of carbonyl (C=O) groups is 1. The van der Waals surface area contributed by atoms with Gasteiger partial charge < -0.3 is 10.5 Å². The fourth-order valence-corrected chi connectivity index (χ4v) is 3.08. The molecule has 8 heteroatoms. The Bertz CT molecular complexity index is 1150. The molecule has 2 N–H and O–H groups in total. The van der Waals surface area contributed by atoms with Crippen LogP contribution in [0.1, 0.15) is 23.2 Å². The maximum atomic E-state index is 12.9. The molecule has 3 aromatic rings. The van der Waals surface area contributed by atoms with E-state index in [0.29, 0.717) is 28.8 Å². The Morgan fingerprint density at radius 3 is 2.92 bits per heavy atom. The maximum absolute atomic E-state index is 12.9. The molecule has 0 saturated carbocycles. The minimum atomic E-state index is -0.480. The van der Waals surface area contributed by atoms with Crippen LogP contribution in [0, 0.1) is 0 Å². The van der Waals surface area contributed by atoms with Crippen molar-refractivity contribution in [2.24, 2.45) is 0 Å². The van der Waals surface area contributed by atoms with Crippen LogP contribution in [-0.4, -0.2) is 32.2 Å². The first-order chi connectivity index (χ1) is 12.6. The molecule has 0 spiro atoms. The Morgan fingerprint density at radius 1 is 1.35 bits per heavy atom. The number of methoxy groups -OCH3 is 1. The third-order valence-electron chi connectivity index (χ3n) is 4.35. The van der Waals surface area contributed by atoms with Crippen LogP contribution in [0.3, 0.4) is 0 Å². The molecule has 0 amide bonds. The van der Waals surface area contributed by atoms with Crippen molar-refractivity contribution < 1.29 is 9.53 Å². The molecule has 1 aliphatic carbocycles. The number of nitrogens with zero attached hydrogens (tertiary/aromatic N) is 4. The second-order valence-corrected chi connectivity index (χ2v) is 6.05. The molecule has 0 bridgehead atoms. The first kappa shape index (κ1) is 16.1. The Kier molecular flexibility index (Phi) is 3.80. The van der Waals surface area contributed by atoms with E-state index in [-0.39, 0.29) is 11.5 Å². The summed E-state index contributed by atoms with van der Waals surface area (Å²) in [6.45, 7) is 0.373. The zero-order valence-corrected chi connectivity index (χ0v) is 14.2. The van der Waals surface area contributed by atoms with Crippen LogP contribution in [0.2, 0.25) is 0 Å². The molecular formula is C18H17N5O3. The largest absolute Gasteiger partial charge is 0.465 e. The molecule has 2 heterocycles. The average Bonchev–Trinajstić information content (AvgIpc) is 2.99. The molecule has 0 saturated heterocycles. The van der Waals surface area contributed by atoms with Gasteiger partial charge in [-0.15, -0.1) is 5.10 Å². The molecule has 132 valence electrons. The lowest BCUT2D eigenvalue weighted by atomic mass is 10.1. The van der Waals surface area contributed by atoms with Gasteiger partial charge >= 0.3 is 11.7 Å². The van der Waals surface area contributed by atoms with Gasteiger partial charge in [0.05, 0.1) is 30.3 Å². The summed E-state index contributed by atoms with van der Waals surface area (Å²) in [4.78, 5) is 28.9. The van der Waals surface area contributed by atoms with Gasteiger partial charge in [-0.05, 0) is 36.6 Å². The normalized spacial score (nSPS) is 14.0. The smallest absolute Gasteiger partial charge is 0.351 e. The van der Waals surface area contributed by atoms with Crippen LogP contribution in [0.4, 0.5) is 5.82 Å². The van der Waals surface area contributed by atoms with Gasteiger partial charge in [-0.1, -0.05) is 18.2 Å². The van der Waals surface area contributed by atoms with Gasteiger partial charge in [-0.2, -0.15) is 0 Å². The number of nitrogens with two attached hydrogens (primary N) is 1. The number of hydrogen-bond donors (Lipinski definition) is 1. The van der Waals surface area contributed by atoms with Crippen molar-refractivity contribution in [3.63, 3.8) is 0 Å². The van der Waals surface area contributed by atoms with Gasteiger partial charge in [0, 0.05) is 0 Å². The predicted molar refractivity (Wildman–Crippen MR) is 97.0 cm³/mol. The van der Waals surface area contributed by atoms with Crippen LogP contribution < -0.4 is 11.4 Å². The number of ether oxygens (including phenoxy) is 1. The quantitative estimate of drug-likeness (QED) is 0.720. The van der Waals surface area contributed by atoms with Crippen LogP contribution in [0.5, 0.6) is 0 Å². The first-order valence-corrected chi connectivity index (χ1v) is 8.21. The second-order valence-electron chi connectivity index (χ2n) is 6.05. The van der Waals surface area contributed by atoms with E-state index in [1.165, 1.54) is 16.2 Å². The van der Waals surface area contributed by atoms with Crippen LogP contribution in [-0.2, 0) is 11.3 Å². The minimum absolute atomic E-state index is 0.128. The lowest BCUT2D eigenvalue weighted by molar-refractivity contribution is 0.0601. The molecule has 26 heavy (non-hydrogen) atoms. The molecule has 1 aromatic carbocycles. The van der Waals surface area contributed by atoms with Crippen molar-refractivity contribution in [1.82, 2.24) is 19.2 Å². The fourth-order valence-electron chi connectivity index (χ4n) is 3.08. The Labute approximate surface area is 148 Å². The van der Waals surface area contributed by atoms with Crippen molar-refractivity contribution in [3.8, 4) is 0 Å². The number of allylic oxidation sites excluding steroid dienone is 4. The van der Waals surface area contributed by atoms with E-state index in [1.807, 2.05) is 6.08 Å². The standard InChI is InChI=1S/C18H17N5O3/c1-26-17(24)12-7-8-14-13(9-12)20-15(19)16-21-22(18(25)23(14)16)10-11-5-3-2-4-6-11/h3,5-9H,2,4,10H2,1H3,(H2,19,20). The highest BCUT2D eigenvalue weighted by Gasteiger charge is 2.16. The van der Waals surface area contributed by atoms with E-state index in [1.54, 1.807) is 18.2 Å². The van der Waals surface area contributed by atoms with Gasteiger partial charge in [0.2, 0.25) is 5.65 Å². The monoisotopic (exact) mass is 351 g/mol. The summed E-state index contributed by atoms with van der Waals surface area (Å²) in [5.74, 6) is -0.352. The number of benzene rings is 1. The second kappa shape index (κ2) is 6.14. The molecule has 8 nitrogen and oxygen atoms in total. The molecule has 0 atom stereocenters. The SMILES string of the molecule is COC(=O)c1ccc2c(c1)nc(N)c1nn(CC3=CCCC=C3)c(=O)n12. The van der Waals surface area contributed by atoms with E-state index in [2.05, 4.69) is 22.2 Å². The zero-order chi connectivity index (χ0) is 18.3. The van der Waals surface area contributed by atoms with Gasteiger partial charge in [-0.3, -0.25) is 0 Å². The van der Waals surface area contributed by atoms with Crippen LogP contribution >= 0.6 is 0 Å². The third-order valence-corrected chi connectivity index (χ3v) is 4.35. The highest BCUT2D eigenvalue weighted by Crippen LogP contribution is 2.19. The summed E-state index contributed by atoms with van der Waals surface area (Å²) in [6, 6.07) is 4.78. The number of carbonyl (C=O) groups excluding carboxylic acids is 1. The summed E-state index contributed by atoms with van der Waals surface area (Å²) in [6.07, 6.45) is 8.14. The van der Waals surface area contributed by atoms with Crippen LogP contribution in [0.15, 0.2) is 46.8 Å². The van der Waals surface area contributed by atoms with Crippen molar-refractivity contribution in [1.29, 1.82) is 0 Å². The first-order valence-electron chi connectivity index (χ1n) is 8.21. The van der Waals surface area contributed by atoms with Crippen molar-refractivity contribution in [3.05, 3.63) is 58.0 Å². The lowest BCUT2D eigenvalue weighted by Gasteiger charge is -2.05. The molecule has 0 aliphatic heterocycles. The van der Waals surface area contributed by atoms with Gasteiger partial charge in [0.15, 0.2) is 5.82 Å². The topological polar surface area (TPSA) is 105 Å². The molecule has 0 radical (unpaired) electrons. The highest BCUT2D eigenvalue weighted by atomic mass is 16.5.